The van der Waals surface area contributed by atoms with E-state index in [1.807, 2.05) is 24.3 Å². The normalized spacial score (nSPS) is 11.0. The van der Waals surface area contributed by atoms with Crippen molar-refractivity contribution < 1.29 is 9.34 Å². The number of rotatable bonds is 6. The molecule has 26 heavy (non-hydrogen) atoms. The molecular formula is C18H13Cl2N3O3. The van der Waals surface area contributed by atoms with Crippen LogP contribution in [0.5, 0.6) is 0 Å². The minimum Gasteiger partial charge on any atom is -0.455 e. The van der Waals surface area contributed by atoms with E-state index in [-0.39, 0.29) is 10.7 Å². The van der Waals surface area contributed by atoms with Crippen LogP contribution in [-0.2, 0) is 6.54 Å². The third kappa shape index (κ3) is 4.41. The van der Waals surface area contributed by atoms with Crippen LogP contribution < -0.4 is 5.43 Å². The monoisotopic (exact) mass is 389 g/mol. The highest BCUT2D eigenvalue weighted by Crippen LogP contribution is 2.32. The van der Waals surface area contributed by atoms with Gasteiger partial charge < -0.3 is 9.84 Å². The minimum absolute atomic E-state index is 0.0708. The third-order valence-electron chi connectivity index (χ3n) is 3.54. The maximum atomic E-state index is 10.8. The fraction of sp³-hybridized carbons (Fsp3) is 0.0556. The molecule has 3 aromatic rings. The van der Waals surface area contributed by atoms with E-state index in [9.17, 15) is 10.1 Å². The van der Waals surface area contributed by atoms with E-state index < -0.39 is 4.92 Å². The fourth-order valence-corrected chi connectivity index (χ4v) is 2.63. The van der Waals surface area contributed by atoms with Gasteiger partial charge in [0.15, 0.2) is 0 Å². The number of hydrogen-bond donors (Lipinski definition) is 1. The summed E-state index contributed by atoms with van der Waals surface area (Å²) in [7, 11) is 0. The van der Waals surface area contributed by atoms with Gasteiger partial charge in [-0.1, -0.05) is 35.3 Å². The molecule has 0 unspecified atom stereocenters. The van der Waals surface area contributed by atoms with Gasteiger partial charge in [-0.15, -0.1) is 0 Å². The van der Waals surface area contributed by atoms with E-state index in [0.717, 1.165) is 5.56 Å². The lowest BCUT2D eigenvalue weighted by Crippen LogP contribution is -2.05. The van der Waals surface area contributed by atoms with Crippen LogP contribution in [0.4, 0.5) is 5.69 Å². The van der Waals surface area contributed by atoms with Crippen LogP contribution in [0.1, 0.15) is 11.3 Å². The van der Waals surface area contributed by atoms with Crippen molar-refractivity contribution in [3.63, 3.8) is 0 Å². The van der Waals surface area contributed by atoms with E-state index >= 15 is 0 Å². The van der Waals surface area contributed by atoms with Crippen molar-refractivity contribution >= 4 is 35.1 Å². The average Bonchev–Trinajstić information content (AvgIpc) is 3.08. The zero-order chi connectivity index (χ0) is 18.5. The summed E-state index contributed by atoms with van der Waals surface area (Å²) in [5, 5.41) is 15.8. The lowest BCUT2D eigenvalue weighted by molar-refractivity contribution is -0.384. The molecular weight excluding hydrogens is 377 g/mol. The molecule has 0 aliphatic rings. The number of hydrazone groups is 1. The Hall–Kier alpha value is -2.83. The smallest absolute Gasteiger partial charge is 0.270 e. The Morgan fingerprint density at radius 3 is 2.58 bits per heavy atom. The van der Waals surface area contributed by atoms with Gasteiger partial charge in [-0.2, -0.15) is 5.10 Å². The quantitative estimate of drug-likeness (QED) is 0.353. The Balaban J connectivity index is 1.64. The SMILES string of the molecule is O=[N+]([O-])c1ccc(-c2ccc(/C=N\NCc3ccc(Cl)cc3)o2)c(Cl)c1. The van der Waals surface area contributed by atoms with Gasteiger partial charge >= 0.3 is 0 Å². The molecule has 0 aliphatic heterocycles. The molecule has 0 bridgehead atoms. The van der Waals surface area contributed by atoms with Gasteiger partial charge in [-0.05, 0) is 35.9 Å². The van der Waals surface area contributed by atoms with Crippen molar-refractivity contribution in [3.8, 4) is 11.3 Å². The molecule has 0 fully saturated rings. The number of non-ortho nitro benzene ring substituents is 1. The number of nitrogens with zero attached hydrogens (tertiary/aromatic N) is 2. The summed E-state index contributed by atoms with van der Waals surface area (Å²) in [6.45, 7) is 0.551. The van der Waals surface area contributed by atoms with E-state index in [1.54, 1.807) is 24.4 Å². The van der Waals surface area contributed by atoms with Crippen LogP contribution in [0.25, 0.3) is 11.3 Å². The maximum absolute atomic E-state index is 10.8. The summed E-state index contributed by atoms with van der Waals surface area (Å²) in [6.07, 6.45) is 1.54. The number of halogens is 2. The topological polar surface area (TPSA) is 80.7 Å². The van der Waals surface area contributed by atoms with Crippen molar-refractivity contribution in [2.45, 2.75) is 6.54 Å². The highest BCUT2D eigenvalue weighted by molar-refractivity contribution is 6.33. The Morgan fingerprint density at radius 2 is 1.88 bits per heavy atom. The lowest BCUT2D eigenvalue weighted by Gasteiger charge is -2.01. The molecule has 1 N–H and O–H groups in total. The zero-order valence-electron chi connectivity index (χ0n) is 13.4. The first-order valence-corrected chi connectivity index (χ1v) is 8.33. The minimum atomic E-state index is -0.498. The van der Waals surface area contributed by atoms with Gasteiger partial charge in [0.1, 0.15) is 11.5 Å². The summed E-state index contributed by atoms with van der Waals surface area (Å²) in [4.78, 5) is 10.3. The predicted molar refractivity (Wildman–Crippen MR) is 102 cm³/mol. The third-order valence-corrected chi connectivity index (χ3v) is 4.10. The van der Waals surface area contributed by atoms with E-state index in [2.05, 4.69) is 10.5 Å². The van der Waals surface area contributed by atoms with E-state index in [1.165, 1.54) is 12.1 Å². The van der Waals surface area contributed by atoms with Crippen LogP contribution in [0.2, 0.25) is 10.0 Å². The van der Waals surface area contributed by atoms with Crippen LogP contribution in [-0.4, -0.2) is 11.1 Å². The molecule has 132 valence electrons. The molecule has 3 rings (SSSR count). The lowest BCUT2D eigenvalue weighted by atomic mass is 10.1. The number of nitro benzene ring substituents is 1. The summed E-state index contributed by atoms with van der Waals surface area (Å²) in [5.74, 6) is 1.03. The first-order chi connectivity index (χ1) is 12.5. The summed E-state index contributed by atoms with van der Waals surface area (Å²) < 4.78 is 5.66. The Labute approximate surface area is 159 Å². The molecule has 0 aliphatic carbocycles. The molecule has 0 spiro atoms. The molecule has 0 saturated carbocycles. The molecule has 1 aromatic heterocycles. The van der Waals surface area contributed by atoms with E-state index in [0.29, 0.717) is 28.7 Å². The molecule has 8 heteroatoms. The van der Waals surface area contributed by atoms with Gasteiger partial charge in [0.05, 0.1) is 22.7 Å². The van der Waals surface area contributed by atoms with Crippen LogP contribution in [0.3, 0.4) is 0 Å². The first kappa shape index (κ1) is 18.0. The highest BCUT2D eigenvalue weighted by Gasteiger charge is 2.13. The standard InChI is InChI=1S/C18H13Cl2N3O3/c19-13-3-1-12(2-4-13)10-21-22-11-15-6-8-18(26-15)16-7-5-14(23(24)25)9-17(16)20/h1-9,11,21H,10H2/b22-11-. The highest BCUT2D eigenvalue weighted by atomic mass is 35.5. The number of nitrogens with one attached hydrogen (secondary N) is 1. The van der Waals surface area contributed by atoms with Gasteiger partial charge in [0, 0.05) is 22.7 Å². The summed E-state index contributed by atoms with van der Waals surface area (Å²) >= 11 is 11.9. The van der Waals surface area contributed by atoms with Crippen molar-refractivity contribution in [1.82, 2.24) is 5.43 Å². The van der Waals surface area contributed by atoms with Gasteiger partial charge in [-0.3, -0.25) is 10.1 Å². The van der Waals surface area contributed by atoms with Crippen molar-refractivity contribution in [2.75, 3.05) is 0 Å². The van der Waals surface area contributed by atoms with Crippen molar-refractivity contribution in [2.24, 2.45) is 5.10 Å². The number of hydrogen-bond acceptors (Lipinski definition) is 5. The molecule has 0 radical (unpaired) electrons. The zero-order valence-corrected chi connectivity index (χ0v) is 14.9. The van der Waals surface area contributed by atoms with Crippen molar-refractivity contribution in [1.29, 1.82) is 0 Å². The largest absolute Gasteiger partial charge is 0.455 e. The van der Waals surface area contributed by atoms with Crippen LogP contribution in [0, 0.1) is 10.1 Å². The molecule has 0 atom stereocenters. The van der Waals surface area contributed by atoms with Crippen molar-refractivity contribution in [3.05, 3.63) is 86.1 Å². The number of furan rings is 1. The number of nitro groups is 1. The second-order valence-electron chi connectivity index (χ2n) is 5.34. The molecule has 1 heterocycles. The predicted octanol–water partition coefficient (Wildman–Crippen LogP) is 5.29. The fourth-order valence-electron chi connectivity index (χ4n) is 2.23. The molecule has 2 aromatic carbocycles. The Kier molecular flexibility index (Phi) is 5.55. The molecule has 0 saturated heterocycles. The summed E-state index contributed by atoms with van der Waals surface area (Å²) in [6, 6.07) is 15.1. The number of benzene rings is 2. The van der Waals surface area contributed by atoms with E-state index in [4.69, 9.17) is 27.6 Å². The van der Waals surface area contributed by atoms with Crippen LogP contribution >= 0.6 is 23.2 Å². The second-order valence-corrected chi connectivity index (χ2v) is 6.19. The molecule has 0 amide bonds. The van der Waals surface area contributed by atoms with Gasteiger partial charge in [0.2, 0.25) is 0 Å². The Bertz CT molecular complexity index is 953. The second kappa shape index (κ2) is 8.03. The van der Waals surface area contributed by atoms with Gasteiger partial charge in [-0.25, -0.2) is 0 Å². The van der Waals surface area contributed by atoms with Crippen LogP contribution in [0.15, 0.2) is 64.1 Å². The first-order valence-electron chi connectivity index (χ1n) is 7.57. The maximum Gasteiger partial charge on any atom is 0.270 e. The van der Waals surface area contributed by atoms with Gasteiger partial charge in [0.25, 0.3) is 5.69 Å². The Morgan fingerprint density at radius 1 is 1.12 bits per heavy atom. The average molecular weight is 390 g/mol. The summed E-state index contributed by atoms with van der Waals surface area (Å²) in [5.41, 5.74) is 4.47. The molecule has 6 nitrogen and oxygen atoms in total.